The Bertz CT molecular complexity index is 671. The molecule has 1 aromatic rings. The topological polar surface area (TPSA) is 57.7 Å². The van der Waals surface area contributed by atoms with E-state index in [9.17, 15) is 22.0 Å². The van der Waals surface area contributed by atoms with Gasteiger partial charge in [-0.25, -0.2) is 21.5 Å². The van der Waals surface area contributed by atoms with Crippen molar-refractivity contribution in [3.8, 4) is 0 Å². The molecule has 0 aliphatic carbocycles. The van der Waals surface area contributed by atoms with Gasteiger partial charge in [0.25, 0.3) is 5.91 Å². The van der Waals surface area contributed by atoms with E-state index in [-0.39, 0.29) is 17.5 Å². The Morgan fingerprint density at radius 3 is 2.32 bits per heavy atom. The van der Waals surface area contributed by atoms with Crippen LogP contribution in [0.5, 0.6) is 0 Å². The molecule has 1 amide bonds. The Morgan fingerprint density at radius 2 is 1.82 bits per heavy atom. The normalized spacial score (nSPS) is 17.0. The van der Waals surface area contributed by atoms with Gasteiger partial charge >= 0.3 is 0 Å². The fourth-order valence-corrected chi connectivity index (χ4v) is 3.27. The lowest BCUT2D eigenvalue weighted by Gasteiger charge is -2.35. The molecule has 0 N–H and O–H groups in total. The lowest BCUT2D eigenvalue weighted by molar-refractivity contribution is 0.0685. The maximum absolute atomic E-state index is 13.2. The van der Waals surface area contributed by atoms with Crippen LogP contribution in [0.25, 0.3) is 0 Å². The molecule has 122 valence electrons. The van der Waals surface area contributed by atoms with E-state index >= 15 is 0 Å². The van der Waals surface area contributed by atoms with Crippen LogP contribution in [-0.4, -0.2) is 56.0 Å². The highest BCUT2D eigenvalue weighted by Gasteiger charge is 2.29. The molecule has 0 spiro atoms. The summed E-state index contributed by atoms with van der Waals surface area (Å²) in [5.74, 6) is -2.43. The van der Waals surface area contributed by atoms with E-state index in [1.165, 1.54) is 22.3 Å². The molecule has 1 aliphatic heterocycles. The first-order valence-electron chi connectivity index (χ1n) is 6.87. The predicted octanol–water partition coefficient (Wildman–Crippen LogP) is 1.46. The number of rotatable bonds is 3. The number of hydrogen-bond acceptors (Lipinski definition) is 3. The van der Waals surface area contributed by atoms with Crippen molar-refractivity contribution in [2.45, 2.75) is 18.9 Å². The number of carbonyl (C=O) groups excluding carboxylic acids is 1. The van der Waals surface area contributed by atoms with Crippen LogP contribution in [0.1, 0.15) is 23.2 Å². The zero-order chi connectivity index (χ0) is 16.5. The number of halogens is 2. The number of hydrogen-bond donors (Lipinski definition) is 0. The molecule has 1 heterocycles. The lowest BCUT2D eigenvalue weighted by Crippen LogP contribution is -2.47. The summed E-state index contributed by atoms with van der Waals surface area (Å²) >= 11 is 0. The van der Waals surface area contributed by atoms with Gasteiger partial charge in [-0.2, -0.15) is 0 Å². The van der Waals surface area contributed by atoms with E-state index in [4.69, 9.17) is 0 Å². The quantitative estimate of drug-likeness (QED) is 0.842. The Morgan fingerprint density at radius 1 is 1.23 bits per heavy atom. The third-order valence-electron chi connectivity index (χ3n) is 3.96. The van der Waals surface area contributed by atoms with Crippen LogP contribution < -0.4 is 0 Å². The summed E-state index contributed by atoms with van der Waals surface area (Å²) < 4.78 is 50.4. The molecule has 2 rings (SSSR count). The van der Waals surface area contributed by atoms with Crippen molar-refractivity contribution in [1.29, 1.82) is 0 Å². The summed E-state index contributed by atoms with van der Waals surface area (Å²) in [6.45, 7) is 0.755. The van der Waals surface area contributed by atoms with Gasteiger partial charge in [-0.15, -0.1) is 0 Å². The van der Waals surface area contributed by atoms with Crippen LogP contribution in [0.2, 0.25) is 0 Å². The van der Waals surface area contributed by atoms with Gasteiger partial charge in [0.15, 0.2) is 11.6 Å². The van der Waals surface area contributed by atoms with Gasteiger partial charge < -0.3 is 4.90 Å². The van der Waals surface area contributed by atoms with Gasteiger partial charge in [-0.05, 0) is 31.0 Å². The van der Waals surface area contributed by atoms with Crippen molar-refractivity contribution in [1.82, 2.24) is 9.21 Å². The minimum absolute atomic E-state index is 0.0915. The van der Waals surface area contributed by atoms with Crippen molar-refractivity contribution in [2.24, 2.45) is 0 Å². The van der Waals surface area contributed by atoms with Crippen LogP contribution in [-0.2, 0) is 10.0 Å². The number of carbonyl (C=O) groups is 1. The maximum Gasteiger partial charge on any atom is 0.253 e. The Labute approximate surface area is 128 Å². The highest BCUT2D eigenvalue weighted by atomic mass is 32.2. The first-order valence-corrected chi connectivity index (χ1v) is 8.72. The van der Waals surface area contributed by atoms with Gasteiger partial charge in [0, 0.05) is 31.7 Å². The monoisotopic (exact) mass is 332 g/mol. The van der Waals surface area contributed by atoms with Crippen LogP contribution in [0.4, 0.5) is 8.78 Å². The number of sulfonamides is 1. The van der Waals surface area contributed by atoms with Crippen LogP contribution in [0.3, 0.4) is 0 Å². The van der Waals surface area contributed by atoms with E-state index < -0.39 is 21.7 Å². The molecular weight excluding hydrogens is 314 g/mol. The average Bonchev–Trinajstić information content (AvgIpc) is 2.48. The smallest absolute Gasteiger partial charge is 0.253 e. The maximum atomic E-state index is 13.2. The molecule has 0 unspecified atom stereocenters. The molecule has 8 heteroatoms. The fourth-order valence-electron chi connectivity index (χ4n) is 2.52. The molecule has 1 fully saturated rings. The van der Waals surface area contributed by atoms with Gasteiger partial charge in [0.1, 0.15) is 0 Å². The van der Waals surface area contributed by atoms with E-state index in [0.717, 1.165) is 18.4 Å². The van der Waals surface area contributed by atoms with Gasteiger partial charge in [0.2, 0.25) is 10.0 Å². The molecule has 1 aromatic carbocycles. The van der Waals surface area contributed by atoms with Gasteiger partial charge in [0.05, 0.1) is 6.26 Å². The van der Waals surface area contributed by atoms with Crippen molar-refractivity contribution in [3.63, 3.8) is 0 Å². The highest BCUT2D eigenvalue weighted by Crippen LogP contribution is 2.20. The molecule has 0 atom stereocenters. The summed E-state index contributed by atoms with van der Waals surface area (Å²) in [7, 11) is -1.74. The van der Waals surface area contributed by atoms with Crippen molar-refractivity contribution in [2.75, 3.05) is 26.4 Å². The molecular formula is C14H18F2N2O3S. The molecule has 0 radical (unpaired) electrons. The summed E-state index contributed by atoms with van der Waals surface area (Å²) in [5, 5.41) is 0. The second kappa shape index (κ2) is 6.29. The Balaban J connectivity index is 2.02. The van der Waals surface area contributed by atoms with Crippen LogP contribution in [0.15, 0.2) is 18.2 Å². The van der Waals surface area contributed by atoms with E-state index in [2.05, 4.69) is 0 Å². The zero-order valence-electron chi connectivity index (χ0n) is 12.4. The number of piperidine rings is 1. The minimum atomic E-state index is -3.26. The first kappa shape index (κ1) is 16.8. The van der Waals surface area contributed by atoms with E-state index in [1.54, 1.807) is 0 Å². The molecule has 1 aliphatic rings. The molecule has 0 aromatic heterocycles. The number of nitrogens with zero attached hydrogens (tertiary/aromatic N) is 2. The lowest BCUT2D eigenvalue weighted by atomic mass is 10.0. The number of amides is 1. The summed E-state index contributed by atoms with van der Waals surface area (Å²) in [6.07, 6.45) is 2.17. The van der Waals surface area contributed by atoms with Crippen LogP contribution in [0, 0.1) is 11.6 Å². The second-order valence-corrected chi connectivity index (χ2v) is 7.47. The van der Waals surface area contributed by atoms with E-state index in [0.29, 0.717) is 25.9 Å². The molecule has 22 heavy (non-hydrogen) atoms. The minimum Gasteiger partial charge on any atom is -0.339 e. The SMILES string of the molecule is CN(C1CCN(C(=O)c2ccc(F)c(F)c2)CC1)S(C)(=O)=O. The average molecular weight is 332 g/mol. The van der Waals surface area contributed by atoms with Gasteiger partial charge in [-0.1, -0.05) is 0 Å². The fraction of sp³-hybridized carbons (Fsp3) is 0.500. The Kier molecular flexibility index (Phi) is 4.81. The predicted molar refractivity (Wildman–Crippen MR) is 77.9 cm³/mol. The third kappa shape index (κ3) is 3.61. The summed E-state index contributed by atoms with van der Waals surface area (Å²) in [4.78, 5) is 13.8. The highest BCUT2D eigenvalue weighted by molar-refractivity contribution is 7.88. The van der Waals surface area contributed by atoms with Gasteiger partial charge in [-0.3, -0.25) is 4.79 Å². The Hall–Kier alpha value is -1.54. The first-order chi connectivity index (χ1) is 10.2. The van der Waals surface area contributed by atoms with Crippen molar-refractivity contribution in [3.05, 3.63) is 35.4 Å². The molecule has 1 saturated heterocycles. The standard InChI is InChI=1S/C14H18F2N2O3S/c1-17(22(2,20)21)11-5-7-18(8-6-11)14(19)10-3-4-12(15)13(16)9-10/h3-4,9,11H,5-8H2,1-2H3. The molecule has 0 bridgehead atoms. The second-order valence-electron chi connectivity index (χ2n) is 5.43. The number of benzene rings is 1. The molecule has 5 nitrogen and oxygen atoms in total. The number of likely N-dealkylation sites (tertiary alicyclic amines) is 1. The largest absolute Gasteiger partial charge is 0.339 e. The van der Waals surface area contributed by atoms with Crippen molar-refractivity contribution >= 4 is 15.9 Å². The van der Waals surface area contributed by atoms with Crippen LogP contribution >= 0.6 is 0 Å². The summed E-state index contributed by atoms with van der Waals surface area (Å²) in [6, 6.07) is 2.90. The zero-order valence-corrected chi connectivity index (χ0v) is 13.2. The van der Waals surface area contributed by atoms with E-state index in [1.807, 2.05) is 0 Å². The third-order valence-corrected chi connectivity index (χ3v) is 5.30. The molecule has 0 saturated carbocycles. The summed E-state index contributed by atoms with van der Waals surface area (Å²) in [5.41, 5.74) is 0.0915. The van der Waals surface area contributed by atoms with Crippen molar-refractivity contribution < 1.29 is 22.0 Å².